The lowest BCUT2D eigenvalue weighted by atomic mass is 10.1. The predicted molar refractivity (Wildman–Crippen MR) is 65.9 cm³/mol. The van der Waals surface area contributed by atoms with Crippen molar-refractivity contribution in [2.75, 3.05) is 5.43 Å². The summed E-state index contributed by atoms with van der Waals surface area (Å²) in [6.07, 6.45) is 1.42. The molecule has 82 valence electrons. The Morgan fingerprint density at radius 3 is 2.75 bits per heavy atom. The minimum atomic E-state index is 0.519. The molecule has 1 aromatic carbocycles. The largest absolute Gasteiger partial charge is 0.245 e. The Morgan fingerprint density at radius 2 is 2.12 bits per heavy atom. The molecule has 6 heteroatoms. The number of aromatic amines is 1. The Hall–Kier alpha value is -1.82. The SMILES string of the molecule is C/C(=N\Nc1ncn[nH]1)c1ccc(S)cc1. The van der Waals surface area contributed by atoms with Gasteiger partial charge in [0.15, 0.2) is 0 Å². The van der Waals surface area contributed by atoms with E-state index in [-0.39, 0.29) is 0 Å². The van der Waals surface area contributed by atoms with Crippen molar-refractivity contribution in [1.82, 2.24) is 15.2 Å². The first-order chi connectivity index (χ1) is 7.75. The Morgan fingerprint density at radius 1 is 1.38 bits per heavy atom. The van der Waals surface area contributed by atoms with E-state index in [0.717, 1.165) is 16.2 Å². The fraction of sp³-hybridized carbons (Fsp3) is 0.100. The van der Waals surface area contributed by atoms with E-state index < -0.39 is 0 Å². The van der Waals surface area contributed by atoms with E-state index in [1.54, 1.807) is 0 Å². The number of hydrazone groups is 1. The summed E-state index contributed by atoms with van der Waals surface area (Å²) in [7, 11) is 0. The first kappa shape index (κ1) is 10.7. The van der Waals surface area contributed by atoms with Gasteiger partial charge in [-0.15, -0.1) is 12.6 Å². The summed E-state index contributed by atoms with van der Waals surface area (Å²) in [5.41, 5.74) is 4.67. The summed E-state index contributed by atoms with van der Waals surface area (Å²) >= 11 is 4.22. The molecule has 0 bridgehead atoms. The summed E-state index contributed by atoms with van der Waals surface area (Å²) < 4.78 is 0. The maximum absolute atomic E-state index is 4.22. The predicted octanol–water partition coefficient (Wildman–Crippen LogP) is 1.93. The van der Waals surface area contributed by atoms with Gasteiger partial charge in [0.1, 0.15) is 6.33 Å². The van der Waals surface area contributed by atoms with Crippen molar-refractivity contribution in [3.63, 3.8) is 0 Å². The molecule has 0 saturated heterocycles. The zero-order valence-electron chi connectivity index (χ0n) is 8.68. The van der Waals surface area contributed by atoms with Gasteiger partial charge in [0, 0.05) is 4.90 Å². The molecule has 0 aliphatic rings. The second-order valence-corrected chi connectivity index (χ2v) is 3.71. The zero-order chi connectivity index (χ0) is 11.4. The van der Waals surface area contributed by atoms with Crippen LogP contribution in [0.15, 0.2) is 40.6 Å². The zero-order valence-corrected chi connectivity index (χ0v) is 9.57. The van der Waals surface area contributed by atoms with Crippen LogP contribution in [0.25, 0.3) is 0 Å². The molecule has 0 aliphatic carbocycles. The number of hydrogen-bond acceptors (Lipinski definition) is 5. The molecule has 2 rings (SSSR count). The molecule has 2 N–H and O–H groups in total. The van der Waals surface area contributed by atoms with Crippen molar-refractivity contribution in [3.8, 4) is 0 Å². The lowest BCUT2D eigenvalue weighted by molar-refractivity contribution is 1.08. The van der Waals surface area contributed by atoms with Crippen LogP contribution in [0, 0.1) is 0 Å². The number of thiol groups is 1. The molecule has 0 unspecified atom stereocenters. The van der Waals surface area contributed by atoms with E-state index >= 15 is 0 Å². The van der Waals surface area contributed by atoms with E-state index in [9.17, 15) is 0 Å². The summed E-state index contributed by atoms with van der Waals surface area (Å²) in [5, 5.41) is 10.5. The number of hydrogen-bond donors (Lipinski definition) is 3. The highest BCUT2D eigenvalue weighted by molar-refractivity contribution is 7.80. The quantitative estimate of drug-likeness (QED) is 0.431. The van der Waals surface area contributed by atoms with Crippen LogP contribution in [0.3, 0.4) is 0 Å². The topological polar surface area (TPSA) is 66.0 Å². The number of H-pyrrole nitrogens is 1. The molecular weight excluding hydrogens is 222 g/mol. The van der Waals surface area contributed by atoms with Gasteiger partial charge < -0.3 is 0 Å². The Kier molecular flexibility index (Phi) is 3.21. The van der Waals surface area contributed by atoms with Crippen LogP contribution in [-0.4, -0.2) is 20.9 Å². The van der Waals surface area contributed by atoms with E-state index in [4.69, 9.17) is 0 Å². The van der Waals surface area contributed by atoms with Crippen LogP contribution in [0.2, 0.25) is 0 Å². The minimum absolute atomic E-state index is 0.519. The van der Waals surface area contributed by atoms with Crippen LogP contribution < -0.4 is 5.43 Å². The van der Waals surface area contributed by atoms with Crippen molar-refractivity contribution in [3.05, 3.63) is 36.2 Å². The summed E-state index contributed by atoms with van der Waals surface area (Å²) in [6, 6.07) is 7.77. The van der Waals surface area contributed by atoms with Crippen LogP contribution in [-0.2, 0) is 0 Å². The molecule has 16 heavy (non-hydrogen) atoms. The molecule has 0 aliphatic heterocycles. The highest BCUT2D eigenvalue weighted by Gasteiger charge is 1.97. The minimum Gasteiger partial charge on any atom is -0.245 e. The third-order valence-corrected chi connectivity index (χ3v) is 2.33. The second-order valence-electron chi connectivity index (χ2n) is 3.19. The lowest BCUT2D eigenvalue weighted by Gasteiger charge is -2.01. The Bertz CT molecular complexity index is 474. The normalized spacial score (nSPS) is 11.5. The highest BCUT2D eigenvalue weighted by Crippen LogP contribution is 2.08. The average Bonchev–Trinajstić information content (AvgIpc) is 2.80. The lowest BCUT2D eigenvalue weighted by Crippen LogP contribution is -2.00. The van der Waals surface area contributed by atoms with Crippen molar-refractivity contribution in [2.45, 2.75) is 11.8 Å². The van der Waals surface area contributed by atoms with Gasteiger partial charge in [0.2, 0.25) is 5.95 Å². The molecule has 2 aromatic rings. The standard InChI is InChI=1S/C10H11N5S/c1-7(8-2-4-9(16)5-3-8)13-15-10-11-6-12-14-10/h2-6,16H,1H3,(H2,11,12,14,15)/b13-7+. The maximum Gasteiger partial charge on any atom is 0.239 e. The molecular formula is C10H11N5S. The van der Waals surface area contributed by atoms with Crippen molar-refractivity contribution in [1.29, 1.82) is 0 Å². The van der Waals surface area contributed by atoms with Gasteiger partial charge in [-0.2, -0.15) is 15.2 Å². The molecule has 0 atom stereocenters. The van der Waals surface area contributed by atoms with Gasteiger partial charge in [-0.3, -0.25) is 0 Å². The van der Waals surface area contributed by atoms with Crippen molar-refractivity contribution >= 4 is 24.3 Å². The van der Waals surface area contributed by atoms with Crippen LogP contribution >= 0.6 is 12.6 Å². The number of rotatable bonds is 3. The fourth-order valence-corrected chi connectivity index (χ4v) is 1.31. The number of anilines is 1. The Labute approximate surface area is 98.4 Å². The van der Waals surface area contributed by atoms with Gasteiger partial charge in [-0.1, -0.05) is 12.1 Å². The first-order valence-corrected chi connectivity index (χ1v) is 5.15. The molecule has 0 spiro atoms. The number of aromatic nitrogens is 3. The van der Waals surface area contributed by atoms with Crippen LogP contribution in [0.1, 0.15) is 12.5 Å². The average molecular weight is 233 g/mol. The molecule has 0 fully saturated rings. The van der Waals surface area contributed by atoms with Gasteiger partial charge >= 0.3 is 0 Å². The smallest absolute Gasteiger partial charge is 0.239 e. The van der Waals surface area contributed by atoms with E-state index in [0.29, 0.717) is 5.95 Å². The van der Waals surface area contributed by atoms with Crippen LogP contribution in [0.4, 0.5) is 5.95 Å². The van der Waals surface area contributed by atoms with E-state index in [1.165, 1.54) is 6.33 Å². The molecule has 1 aromatic heterocycles. The molecule has 0 radical (unpaired) electrons. The van der Waals surface area contributed by atoms with Gasteiger partial charge in [0.25, 0.3) is 0 Å². The third-order valence-electron chi connectivity index (χ3n) is 2.03. The second kappa shape index (κ2) is 4.80. The fourth-order valence-electron chi connectivity index (χ4n) is 1.16. The molecule has 1 heterocycles. The van der Waals surface area contributed by atoms with Crippen molar-refractivity contribution < 1.29 is 0 Å². The monoisotopic (exact) mass is 233 g/mol. The molecule has 0 amide bonds. The Balaban J connectivity index is 2.09. The number of benzene rings is 1. The van der Waals surface area contributed by atoms with Gasteiger partial charge in [-0.25, -0.2) is 10.5 Å². The summed E-state index contributed by atoms with van der Waals surface area (Å²) in [4.78, 5) is 4.83. The van der Waals surface area contributed by atoms with Crippen molar-refractivity contribution in [2.24, 2.45) is 5.10 Å². The molecule has 0 saturated carbocycles. The number of nitrogens with one attached hydrogen (secondary N) is 2. The maximum atomic E-state index is 4.22. The van der Waals surface area contributed by atoms with E-state index in [2.05, 4.69) is 38.3 Å². The number of nitrogens with zero attached hydrogens (tertiary/aromatic N) is 3. The first-order valence-electron chi connectivity index (χ1n) is 4.71. The van der Waals surface area contributed by atoms with Gasteiger partial charge in [0.05, 0.1) is 5.71 Å². The summed E-state index contributed by atoms with van der Waals surface area (Å²) in [5.74, 6) is 0.519. The van der Waals surface area contributed by atoms with Crippen LogP contribution in [0.5, 0.6) is 0 Å². The molecule has 5 nitrogen and oxygen atoms in total. The van der Waals surface area contributed by atoms with Gasteiger partial charge in [-0.05, 0) is 24.6 Å². The third kappa shape index (κ3) is 2.60. The van der Waals surface area contributed by atoms with E-state index in [1.807, 2.05) is 31.2 Å². The highest BCUT2D eigenvalue weighted by atomic mass is 32.1. The summed E-state index contributed by atoms with van der Waals surface area (Å²) in [6.45, 7) is 1.91.